The normalized spacial score (nSPS) is 13.0. The number of hydrogen-bond donors (Lipinski definition) is 0. The van der Waals surface area contributed by atoms with E-state index in [0.717, 1.165) is 11.8 Å². The molecule has 0 saturated carbocycles. The van der Waals surface area contributed by atoms with Crippen molar-refractivity contribution >= 4 is 21.6 Å². The molecule has 156 valence electrons. The van der Waals surface area contributed by atoms with Gasteiger partial charge in [-0.15, -0.1) is 0 Å². The van der Waals surface area contributed by atoms with E-state index >= 15 is 0 Å². The molecule has 3 rings (SSSR count). The summed E-state index contributed by atoms with van der Waals surface area (Å²) in [5, 5.41) is 0. The maximum absolute atomic E-state index is 12.4. The Hall–Kier alpha value is -2.74. The highest BCUT2D eigenvalue weighted by molar-refractivity contribution is 7.92. The molecule has 0 aromatic heterocycles. The zero-order valence-corrected chi connectivity index (χ0v) is 17.5. The molecular formula is C21H26N2O5S. The Morgan fingerprint density at radius 3 is 2.41 bits per heavy atom. The highest BCUT2D eigenvalue weighted by Gasteiger charge is 2.21. The van der Waals surface area contributed by atoms with Gasteiger partial charge in [-0.1, -0.05) is 30.3 Å². The fraction of sp³-hybridized carbons (Fsp3) is 0.381. The Labute approximate surface area is 171 Å². The molecule has 29 heavy (non-hydrogen) atoms. The highest BCUT2D eigenvalue weighted by Crippen LogP contribution is 2.34. The minimum Gasteiger partial charge on any atom is -0.486 e. The predicted octanol–water partition coefficient (Wildman–Crippen LogP) is 2.66. The van der Waals surface area contributed by atoms with Crippen LogP contribution in [0.5, 0.6) is 11.5 Å². The van der Waals surface area contributed by atoms with Gasteiger partial charge >= 0.3 is 0 Å². The molecule has 1 heterocycles. The van der Waals surface area contributed by atoms with Crippen LogP contribution in [0, 0.1) is 0 Å². The SMILES string of the molecule is CN(Cc1ccccc1)C(=O)CCCN(c1ccc2c(c1)OCCO2)S(C)(=O)=O. The van der Waals surface area contributed by atoms with Gasteiger partial charge in [0, 0.05) is 32.6 Å². The molecule has 2 aromatic rings. The molecule has 0 radical (unpaired) electrons. The first-order valence-electron chi connectivity index (χ1n) is 9.50. The molecule has 1 aliphatic rings. The Morgan fingerprint density at radius 2 is 1.72 bits per heavy atom. The van der Waals surface area contributed by atoms with Crippen LogP contribution in [0.4, 0.5) is 5.69 Å². The van der Waals surface area contributed by atoms with Crippen LogP contribution in [-0.2, 0) is 21.4 Å². The number of hydrogen-bond acceptors (Lipinski definition) is 5. The van der Waals surface area contributed by atoms with E-state index in [1.54, 1.807) is 30.1 Å². The van der Waals surface area contributed by atoms with Gasteiger partial charge < -0.3 is 14.4 Å². The second-order valence-electron chi connectivity index (χ2n) is 7.00. The van der Waals surface area contributed by atoms with Crippen molar-refractivity contribution in [3.63, 3.8) is 0 Å². The molecule has 2 aromatic carbocycles. The number of sulfonamides is 1. The number of nitrogens with zero attached hydrogens (tertiary/aromatic N) is 2. The molecule has 8 heteroatoms. The number of anilines is 1. The molecule has 1 amide bonds. The van der Waals surface area contributed by atoms with Crippen LogP contribution in [0.1, 0.15) is 18.4 Å². The summed E-state index contributed by atoms with van der Waals surface area (Å²) >= 11 is 0. The van der Waals surface area contributed by atoms with E-state index in [4.69, 9.17) is 9.47 Å². The van der Waals surface area contributed by atoms with Crippen molar-refractivity contribution < 1.29 is 22.7 Å². The molecule has 0 unspecified atom stereocenters. The average Bonchev–Trinajstić information content (AvgIpc) is 2.70. The second kappa shape index (κ2) is 9.17. The molecule has 0 bridgehead atoms. The molecule has 0 spiro atoms. The third-order valence-corrected chi connectivity index (χ3v) is 5.85. The summed E-state index contributed by atoms with van der Waals surface area (Å²) in [6.07, 6.45) is 1.84. The van der Waals surface area contributed by atoms with Gasteiger partial charge in [0.2, 0.25) is 15.9 Å². The zero-order chi connectivity index (χ0) is 20.9. The minimum atomic E-state index is -3.50. The first-order valence-corrected chi connectivity index (χ1v) is 11.3. The van der Waals surface area contributed by atoms with Gasteiger partial charge in [0.15, 0.2) is 11.5 Å². The number of amides is 1. The Morgan fingerprint density at radius 1 is 1.03 bits per heavy atom. The molecule has 7 nitrogen and oxygen atoms in total. The third-order valence-electron chi connectivity index (χ3n) is 4.65. The number of fused-ring (bicyclic) bond motifs is 1. The van der Waals surface area contributed by atoms with Crippen LogP contribution in [0.2, 0.25) is 0 Å². The molecule has 0 fully saturated rings. The van der Waals surface area contributed by atoms with Gasteiger partial charge in [0.1, 0.15) is 13.2 Å². The largest absolute Gasteiger partial charge is 0.486 e. The van der Waals surface area contributed by atoms with E-state index in [1.165, 1.54) is 4.31 Å². The standard InChI is InChI=1S/C21H26N2O5S/c1-22(16-17-7-4-3-5-8-17)21(24)9-6-12-23(29(2,25)26)18-10-11-19-20(15-18)28-14-13-27-19/h3-5,7-8,10-11,15H,6,9,12-14,16H2,1-2H3. The number of ether oxygens (including phenoxy) is 2. The maximum atomic E-state index is 12.4. The van der Waals surface area contributed by atoms with Crippen molar-refractivity contribution in [1.82, 2.24) is 4.90 Å². The Kier molecular flexibility index (Phi) is 6.64. The summed E-state index contributed by atoms with van der Waals surface area (Å²) in [7, 11) is -1.74. The number of benzene rings is 2. The topological polar surface area (TPSA) is 76.2 Å². The summed E-state index contributed by atoms with van der Waals surface area (Å²) < 4.78 is 37.0. The van der Waals surface area contributed by atoms with Crippen LogP contribution in [-0.4, -0.2) is 52.3 Å². The van der Waals surface area contributed by atoms with Gasteiger partial charge in [-0.3, -0.25) is 9.10 Å². The third kappa shape index (κ3) is 5.63. The molecule has 0 saturated heterocycles. The lowest BCUT2D eigenvalue weighted by Crippen LogP contribution is -2.32. The first kappa shape index (κ1) is 21.0. The van der Waals surface area contributed by atoms with Crippen LogP contribution in [0.25, 0.3) is 0 Å². The zero-order valence-electron chi connectivity index (χ0n) is 16.7. The Balaban J connectivity index is 1.61. The monoisotopic (exact) mass is 418 g/mol. The lowest BCUT2D eigenvalue weighted by molar-refractivity contribution is -0.130. The van der Waals surface area contributed by atoms with Crippen molar-refractivity contribution in [1.29, 1.82) is 0 Å². The van der Waals surface area contributed by atoms with E-state index in [0.29, 0.717) is 43.4 Å². The molecule has 0 aliphatic carbocycles. The summed E-state index contributed by atoms with van der Waals surface area (Å²) in [6, 6.07) is 14.8. The van der Waals surface area contributed by atoms with Gasteiger partial charge in [-0.25, -0.2) is 8.42 Å². The lowest BCUT2D eigenvalue weighted by Gasteiger charge is -2.25. The van der Waals surface area contributed by atoms with Crippen LogP contribution in [0.3, 0.4) is 0 Å². The van der Waals surface area contributed by atoms with Crippen molar-refractivity contribution in [3.8, 4) is 11.5 Å². The van der Waals surface area contributed by atoms with E-state index in [9.17, 15) is 13.2 Å². The second-order valence-corrected chi connectivity index (χ2v) is 8.91. The number of rotatable bonds is 8. The quantitative estimate of drug-likeness (QED) is 0.659. The van der Waals surface area contributed by atoms with Gasteiger partial charge in [-0.05, 0) is 24.1 Å². The fourth-order valence-corrected chi connectivity index (χ4v) is 4.14. The van der Waals surface area contributed by atoms with E-state index in [-0.39, 0.29) is 18.9 Å². The number of carbonyl (C=O) groups is 1. The average molecular weight is 419 g/mol. The summed E-state index contributed by atoms with van der Waals surface area (Å²) in [4.78, 5) is 14.1. The lowest BCUT2D eigenvalue weighted by atomic mass is 10.2. The first-order chi connectivity index (χ1) is 13.8. The summed E-state index contributed by atoms with van der Waals surface area (Å²) in [5.41, 5.74) is 1.55. The van der Waals surface area contributed by atoms with Crippen molar-refractivity contribution in [3.05, 3.63) is 54.1 Å². The van der Waals surface area contributed by atoms with Crippen molar-refractivity contribution in [2.45, 2.75) is 19.4 Å². The fourth-order valence-electron chi connectivity index (χ4n) is 3.18. The van der Waals surface area contributed by atoms with Gasteiger partial charge in [0.25, 0.3) is 0 Å². The Bertz CT molecular complexity index is 947. The van der Waals surface area contributed by atoms with Crippen molar-refractivity contribution in [2.75, 3.05) is 37.4 Å². The van der Waals surface area contributed by atoms with E-state index < -0.39 is 10.0 Å². The van der Waals surface area contributed by atoms with E-state index in [1.807, 2.05) is 30.3 Å². The summed E-state index contributed by atoms with van der Waals surface area (Å²) in [5.74, 6) is 1.11. The molecule has 0 N–H and O–H groups in total. The van der Waals surface area contributed by atoms with Gasteiger partial charge in [-0.2, -0.15) is 0 Å². The van der Waals surface area contributed by atoms with Gasteiger partial charge in [0.05, 0.1) is 11.9 Å². The predicted molar refractivity (Wildman–Crippen MR) is 112 cm³/mol. The highest BCUT2D eigenvalue weighted by atomic mass is 32.2. The summed E-state index contributed by atoms with van der Waals surface area (Å²) in [6.45, 7) is 1.64. The van der Waals surface area contributed by atoms with Crippen LogP contribution < -0.4 is 13.8 Å². The van der Waals surface area contributed by atoms with Crippen LogP contribution in [0.15, 0.2) is 48.5 Å². The maximum Gasteiger partial charge on any atom is 0.232 e. The molecular weight excluding hydrogens is 392 g/mol. The smallest absolute Gasteiger partial charge is 0.232 e. The number of carbonyl (C=O) groups excluding carboxylic acids is 1. The molecule has 1 aliphatic heterocycles. The van der Waals surface area contributed by atoms with Crippen LogP contribution >= 0.6 is 0 Å². The van der Waals surface area contributed by atoms with E-state index in [2.05, 4.69) is 0 Å². The van der Waals surface area contributed by atoms with Crippen molar-refractivity contribution in [2.24, 2.45) is 0 Å². The molecule has 0 atom stereocenters. The minimum absolute atomic E-state index is 0.0236.